The van der Waals surface area contributed by atoms with Crippen LogP contribution in [0, 0.1) is 0 Å². The molecule has 6 nitrogen and oxygen atoms in total. The van der Waals surface area contributed by atoms with Crippen LogP contribution >= 0.6 is 11.6 Å². The number of aromatic amines is 1. The number of H-pyrrole nitrogens is 1. The number of rotatable bonds is 2. The summed E-state index contributed by atoms with van der Waals surface area (Å²) in [6.45, 7) is 2.87. The van der Waals surface area contributed by atoms with Crippen molar-refractivity contribution in [1.82, 2.24) is 9.55 Å². The fraction of sp³-hybridized carbons (Fsp3) is 0.636. The summed E-state index contributed by atoms with van der Waals surface area (Å²) in [6.07, 6.45) is -1.79. The number of aromatic nitrogens is 2. The predicted molar refractivity (Wildman–Crippen MR) is 65.8 cm³/mol. The minimum atomic E-state index is -2.34. The zero-order valence-electron chi connectivity index (χ0n) is 10.4. The fourth-order valence-electron chi connectivity index (χ4n) is 2.14. The summed E-state index contributed by atoms with van der Waals surface area (Å²) in [4.78, 5) is 23.2. The second-order valence-electron chi connectivity index (χ2n) is 4.68. The highest BCUT2D eigenvalue weighted by Gasteiger charge is 2.61. The van der Waals surface area contributed by atoms with Crippen LogP contribution in [0.3, 0.4) is 0 Å². The van der Waals surface area contributed by atoms with Gasteiger partial charge in [-0.15, -0.1) is 11.6 Å². The molecule has 19 heavy (non-hydrogen) atoms. The van der Waals surface area contributed by atoms with Gasteiger partial charge in [-0.2, -0.15) is 0 Å². The van der Waals surface area contributed by atoms with E-state index in [0.717, 1.165) is 16.8 Å². The minimum absolute atomic E-state index is 0.120. The summed E-state index contributed by atoms with van der Waals surface area (Å²) >= 11 is 6.13. The van der Waals surface area contributed by atoms with Crippen molar-refractivity contribution in [2.75, 3.05) is 0 Å². The van der Waals surface area contributed by atoms with Crippen molar-refractivity contribution < 1.29 is 14.2 Å². The summed E-state index contributed by atoms with van der Waals surface area (Å²) in [5, 5.41) is 9.93. The minimum Gasteiger partial charge on any atom is -0.385 e. The van der Waals surface area contributed by atoms with Gasteiger partial charge < -0.3 is 9.84 Å². The van der Waals surface area contributed by atoms with E-state index in [0.29, 0.717) is 0 Å². The summed E-state index contributed by atoms with van der Waals surface area (Å²) in [5.74, 6) is -2.34. The van der Waals surface area contributed by atoms with Crippen LogP contribution in [-0.2, 0) is 4.74 Å². The molecule has 0 radical (unpaired) electrons. The van der Waals surface area contributed by atoms with E-state index >= 15 is 0 Å². The smallest absolute Gasteiger partial charge is 0.330 e. The van der Waals surface area contributed by atoms with Crippen LogP contribution in [0.2, 0.25) is 0 Å². The number of ether oxygens (including phenoxy) is 1. The Morgan fingerprint density at radius 1 is 1.63 bits per heavy atom. The molecule has 2 N–H and O–H groups in total. The number of nitrogens with one attached hydrogen (secondary N) is 1. The molecule has 0 amide bonds. The Morgan fingerprint density at radius 2 is 2.26 bits per heavy atom. The molecule has 0 aromatic carbocycles. The van der Waals surface area contributed by atoms with E-state index in [9.17, 15) is 19.1 Å². The molecule has 4 unspecified atom stereocenters. The molecular weight excluding hydrogens is 279 g/mol. The van der Waals surface area contributed by atoms with Crippen molar-refractivity contribution >= 4 is 11.6 Å². The van der Waals surface area contributed by atoms with Crippen LogP contribution in [0.15, 0.2) is 21.9 Å². The van der Waals surface area contributed by atoms with Gasteiger partial charge in [0.25, 0.3) is 5.56 Å². The van der Waals surface area contributed by atoms with Gasteiger partial charge in [0.05, 0.1) is 0 Å². The number of aliphatic hydroxyl groups is 1. The lowest BCUT2D eigenvalue weighted by molar-refractivity contribution is -0.188. The normalized spacial score (nSPS) is 38.6. The van der Waals surface area contributed by atoms with E-state index < -0.39 is 34.3 Å². The Kier molecular flexibility index (Phi) is 3.32. The van der Waals surface area contributed by atoms with E-state index in [1.807, 2.05) is 4.98 Å². The molecule has 0 bridgehead atoms. The topological polar surface area (TPSA) is 84.3 Å². The Labute approximate surface area is 112 Å². The molecule has 106 valence electrons. The van der Waals surface area contributed by atoms with Gasteiger partial charge in [0, 0.05) is 18.7 Å². The molecular formula is C11H14ClFN2O4. The monoisotopic (exact) mass is 292 g/mol. The van der Waals surface area contributed by atoms with Gasteiger partial charge in [0.15, 0.2) is 6.23 Å². The zero-order chi connectivity index (χ0) is 14.4. The summed E-state index contributed by atoms with van der Waals surface area (Å²) in [7, 11) is 0. The van der Waals surface area contributed by atoms with Crippen LogP contribution in [0.25, 0.3) is 0 Å². The average molecular weight is 293 g/mol. The van der Waals surface area contributed by atoms with E-state index in [4.69, 9.17) is 16.3 Å². The summed E-state index contributed by atoms with van der Waals surface area (Å²) in [6, 6.07) is 1.09. The zero-order valence-corrected chi connectivity index (χ0v) is 11.1. The number of alkyl halides is 2. The molecule has 0 aliphatic carbocycles. The first-order chi connectivity index (χ1) is 8.72. The number of hydrogen-bond donors (Lipinski definition) is 2. The second-order valence-corrected chi connectivity index (χ2v) is 5.50. The quantitative estimate of drug-likeness (QED) is 0.778. The van der Waals surface area contributed by atoms with E-state index in [-0.39, 0.29) is 6.42 Å². The lowest BCUT2D eigenvalue weighted by Crippen LogP contribution is -2.44. The first kappa shape index (κ1) is 14.2. The molecule has 1 aliphatic rings. The van der Waals surface area contributed by atoms with Crippen LogP contribution in [0.1, 0.15) is 26.5 Å². The highest BCUT2D eigenvalue weighted by atomic mass is 35.5. The average Bonchev–Trinajstić information content (AvgIpc) is 2.51. The number of halogens is 2. The van der Waals surface area contributed by atoms with Crippen molar-refractivity contribution in [3.8, 4) is 0 Å². The van der Waals surface area contributed by atoms with Gasteiger partial charge in [0.1, 0.15) is 11.0 Å². The van der Waals surface area contributed by atoms with Gasteiger partial charge in [-0.3, -0.25) is 14.3 Å². The van der Waals surface area contributed by atoms with E-state index in [2.05, 4.69) is 0 Å². The first-order valence-corrected chi connectivity index (χ1v) is 6.15. The highest BCUT2D eigenvalue weighted by Crippen LogP contribution is 2.49. The Morgan fingerprint density at radius 3 is 2.74 bits per heavy atom. The molecule has 2 heterocycles. The van der Waals surface area contributed by atoms with E-state index in [1.165, 1.54) is 13.8 Å². The van der Waals surface area contributed by atoms with Crippen LogP contribution in [0.5, 0.6) is 0 Å². The van der Waals surface area contributed by atoms with Gasteiger partial charge in [-0.1, -0.05) is 6.92 Å². The third kappa shape index (κ3) is 2.11. The van der Waals surface area contributed by atoms with Gasteiger partial charge >= 0.3 is 5.69 Å². The highest BCUT2D eigenvalue weighted by molar-refractivity contribution is 6.24. The molecule has 1 aliphatic heterocycles. The lowest BCUT2D eigenvalue weighted by atomic mass is 9.98. The third-order valence-electron chi connectivity index (χ3n) is 3.32. The molecule has 1 fully saturated rings. The third-order valence-corrected chi connectivity index (χ3v) is 3.71. The van der Waals surface area contributed by atoms with Gasteiger partial charge in [-0.05, 0) is 6.92 Å². The maximum Gasteiger partial charge on any atom is 0.330 e. The number of hydrogen-bond acceptors (Lipinski definition) is 4. The first-order valence-electron chi connectivity index (χ1n) is 5.77. The van der Waals surface area contributed by atoms with Gasteiger partial charge in [-0.25, -0.2) is 9.18 Å². The standard InChI is InChI=1S/C11H14ClFN2O4/c1-3-11(13)7(17)10(2,12)8(19-11)15-5-4-6(16)14-9(15)18/h4-5,7-8,17H,3H2,1-2H3,(H,14,16,18). The van der Waals surface area contributed by atoms with Crippen molar-refractivity contribution in [2.24, 2.45) is 0 Å². The SMILES string of the molecule is CCC1(F)OC(n2ccc(=O)[nH]c2=O)C(C)(Cl)C1O. The maximum atomic E-state index is 14.3. The van der Waals surface area contributed by atoms with Gasteiger partial charge in [0.2, 0.25) is 5.85 Å². The van der Waals surface area contributed by atoms with Crippen molar-refractivity contribution in [3.63, 3.8) is 0 Å². The molecule has 2 rings (SSSR count). The second kappa shape index (κ2) is 4.43. The summed E-state index contributed by atoms with van der Waals surface area (Å²) in [5.41, 5.74) is -1.37. The lowest BCUT2D eigenvalue weighted by Gasteiger charge is -2.26. The van der Waals surface area contributed by atoms with E-state index in [1.54, 1.807) is 0 Å². The van der Waals surface area contributed by atoms with Crippen molar-refractivity contribution in [1.29, 1.82) is 0 Å². The summed E-state index contributed by atoms with van der Waals surface area (Å²) < 4.78 is 20.4. The molecule has 0 saturated carbocycles. The predicted octanol–water partition coefficient (Wildman–Crippen LogP) is 0.500. The number of aliphatic hydroxyl groups excluding tert-OH is 1. The van der Waals surface area contributed by atoms with Crippen molar-refractivity contribution in [3.05, 3.63) is 33.1 Å². The molecule has 1 saturated heterocycles. The Hall–Kier alpha value is -1.18. The Bertz CT molecular complexity index is 599. The van der Waals surface area contributed by atoms with Crippen LogP contribution < -0.4 is 11.2 Å². The molecule has 1 aromatic rings. The largest absolute Gasteiger partial charge is 0.385 e. The molecule has 8 heteroatoms. The fourth-order valence-corrected chi connectivity index (χ4v) is 2.45. The van der Waals surface area contributed by atoms with Crippen molar-refractivity contribution in [2.45, 2.75) is 43.3 Å². The molecule has 0 spiro atoms. The molecule has 1 aromatic heterocycles. The van der Waals surface area contributed by atoms with Crippen LogP contribution in [0.4, 0.5) is 4.39 Å². The number of nitrogens with zero attached hydrogens (tertiary/aromatic N) is 1. The maximum absolute atomic E-state index is 14.3. The molecule has 4 atom stereocenters. The van der Waals surface area contributed by atoms with Crippen LogP contribution in [-0.4, -0.2) is 31.5 Å². The Balaban J connectivity index is 2.51.